The molecule has 0 aliphatic rings. The molecule has 13 heavy (non-hydrogen) atoms. The van der Waals surface area contributed by atoms with Crippen LogP contribution in [0, 0.1) is 5.82 Å². The van der Waals surface area contributed by atoms with E-state index in [0.717, 1.165) is 6.07 Å². The Balaban J connectivity index is 0.000000845. The van der Waals surface area contributed by atoms with Crippen molar-refractivity contribution in [3.8, 4) is 0 Å². The van der Waals surface area contributed by atoms with Gasteiger partial charge in [0.05, 0.1) is 10.9 Å². The van der Waals surface area contributed by atoms with Crippen molar-refractivity contribution in [1.82, 2.24) is 10.2 Å². The molecule has 1 heterocycles. The van der Waals surface area contributed by atoms with Crippen LogP contribution in [0.3, 0.4) is 0 Å². The van der Waals surface area contributed by atoms with E-state index in [4.69, 9.17) is 5.73 Å². The summed E-state index contributed by atoms with van der Waals surface area (Å²) in [6.07, 6.45) is 0. The molecule has 1 aromatic heterocycles. The van der Waals surface area contributed by atoms with Crippen molar-refractivity contribution < 1.29 is 4.39 Å². The molecule has 0 saturated carbocycles. The Morgan fingerprint density at radius 2 is 2.00 bits per heavy atom. The zero-order valence-electron chi connectivity index (χ0n) is 6.43. The highest BCUT2D eigenvalue weighted by molar-refractivity contribution is 5.89. The molecule has 1 aromatic carbocycles. The predicted molar refractivity (Wildman–Crippen MR) is 50.5 cm³/mol. The van der Waals surface area contributed by atoms with Crippen molar-refractivity contribution >= 4 is 29.0 Å². The number of hydrogen-bond acceptors (Lipinski definition) is 2. The number of nitrogen functional groups attached to an aromatic ring is 1. The van der Waals surface area contributed by atoms with Crippen molar-refractivity contribution in [3.63, 3.8) is 0 Å². The van der Waals surface area contributed by atoms with Crippen LogP contribution in [0.2, 0.25) is 0 Å². The minimum atomic E-state index is -0.463. The van der Waals surface area contributed by atoms with E-state index >= 15 is 0 Å². The number of halogens is 2. The molecular weight excluding hydrogens is 197 g/mol. The van der Waals surface area contributed by atoms with Crippen molar-refractivity contribution in [1.29, 1.82) is 0 Å². The van der Waals surface area contributed by atoms with E-state index < -0.39 is 5.82 Å². The predicted octanol–water partition coefficient (Wildman–Crippen LogP) is 0.999. The fraction of sp³-hybridized carbons (Fsp3) is 0. The summed E-state index contributed by atoms with van der Waals surface area (Å²) < 4.78 is 12.7. The van der Waals surface area contributed by atoms with Crippen molar-refractivity contribution in [3.05, 3.63) is 28.3 Å². The maximum atomic E-state index is 12.7. The Labute approximate surface area is 78.3 Å². The van der Waals surface area contributed by atoms with Gasteiger partial charge in [0, 0.05) is 5.69 Å². The van der Waals surface area contributed by atoms with Crippen LogP contribution in [0.4, 0.5) is 10.1 Å². The van der Waals surface area contributed by atoms with E-state index in [2.05, 4.69) is 10.2 Å². The van der Waals surface area contributed by atoms with Gasteiger partial charge in [-0.25, -0.2) is 4.39 Å². The summed E-state index contributed by atoms with van der Waals surface area (Å²) in [7, 11) is 0. The third kappa shape index (κ3) is 1.38. The monoisotopic (exact) mass is 203 g/mol. The minimum absolute atomic E-state index is 0. The molecule has 0 radical (unpaired) electrons. The smallest absolute Gasteiger partial charge is 0.273 e. The van der Waals surface area contributed by atoms with Crippen LogP contribution in [0.25, 0.3) is 10.9 Å². The lowest BCUT2D eigenvalue weighted by molar-refractivity contribution is 0.630. The lowest BCUT2D eigenvalue weighted by Gasteiger charge is -1.93. The highest BCUT2D eigenvalue weighted by Crippen LogP contribution is 2.16. The normalized spacial score (nSPS) is 9.92. The standard InChI is InChI=1S/C7H6FN3O.ClH/c8-3-1-4(9)6-5(2-3)10-11-7(6)12;/h1-2H,9H2,(H2,10,11,12);1H. The zero-order valence-corrected chi connectivity index (χ0v) is 7.24. The summed E-state index contributed by atoms with van der Waals surface area (Å²) in [6.45, 7) is 0. The van der Waals surface area contributed by atoms with Crippen LogP contribution < -0.4 is 11.3 Å². The number of benzene rings is 1. The fourth-order valence-corrected chi connectivity index (χ4v) is 1.17. The number of rotatable bonds is 0. The maximum absolute atomic E-state index is 12.7. The van der Waals surface area contributed by atoms with Gasteiger partial charge in [0.1, 0.15) is 5.82 Å². The van der Waals surface area contributed by atoms with Gasteiger partial charge in [-0.3, -0.25) is 15.0 Å². The molecule has 2 aromatic rings. The van der Waals surface area contributed by atoms with Gasteiger partial charge in [-0.15, -0.1) is 12.4 Å². The zero-order chi connectivity index (χ0) is 8.72. The molecule has 0 aliphatic heterocycles. The van der Waals surface area contributed by atoms with E-state index in [9.17, 15) is 9.18 Å². The third-order valence-corrected chi connectivity index (χ3v) is 1.67. The Morgan fingerprint density at radius 3 is 2.69 bits per heavy atom. The second-order valence-electron chi connectivity index (χ2n) is 2.50. The van der Waals surface area contributed by atoms with E-state index in [0.29, 0.717) is 10.9 Å². The van der Waals surface area contributed by atoms with Gasteiger partial charge in [0.15, 0.2) is 0 Å². The van der Waals surface area contributed by atoms with Crippen molar-refractivity contribution in [2.75, 3.05) is 5.73 Å². The summed E-state index contributed by atoms with van der Waals surface area (Å²) in [5.41, 5.74) is 5.62. The number of nitrogens with one attached hydrogen (secondary N) is 2. The first-order valence-electron chi connectivity index (χ1n) is 3.34. The quantitative estimate of drug-likeness (QED) is 0.559. The third-order valence-electron chi connectivity index (χ3n) is 1.67. The number of aromatic amines is 2. The number of nitrogens with two attached hydrogens (primary N) is 1. The van der Waals surface area contributed by atoms with Crippen LogP contribution in [-0.4, -0.2) is 10.2 Å². The first-order valence-corrected chi connectivity index (χ1v) is 3.34. The summed E-state index contributed by atoms with van der Waals surface area (Å²) in [5.74, 6) is -0.463. The molecule has 0 amide bonds. The van der Waals surface area contributed by atoms with Crippen molar-refractivity contribution in [2.24, 2.45) is 0 Å². The molecule has 0 saturated heterocycles. The molecule has 0 atom stereocenters. The Kier molecular flexibility index (Phi) is 2.29. The van der Waals surface area contributed by atoms with Crippen LogP contribution in [0.1, 0.15) is 0 Å². The van der Waals surface area contributed by atoms with Crippen LogP contribution in [-0.2, 0) is 0 Å². The average Bonchev–Trinajstić information content (AvgIpc) is 2.31. The highest BCUT2D eigenvalue weighted by Gasteiger charge is 2.05. The summed E-state index contributed by atoms with van der Waals surface area (Å²) in [4.78, 5) is 11.0. The van der Waals surface area contributed by atoms with Gasteiger partial charge in [0.2, 0.25) is 0 Å². The Hall–Kier alpha value is -1.49. The second-order valence-corrected chi connectivity index (χ2v) is 2.50. The van der Waals surface area contributed by atoms with E-state index in [-0.39, 0.29) is 23.7 Å². The summed E-state index contributed by atoms with van der Waals surface area (Å²) >= 11 is 0. The lowest BCUT2D eigenvalue weighted by Crippen LogP contribution is -2.01. The summed E-state index contributed by atoms with van der Waals surface area (Å²) in [6, 6.07) is 2.33. The molecule has 4 N–H and O–H groups in total. The van der Waals surface area contributed by atoms with E-state index in [1.165, 1.54) is 6.07 Å². The fourth-order valence-electron chi connectivity index (χ4n) is 1.17. The van der Waals surface area contributed by atoms with Crippen LogP contribution in [0.15, 0.2) is 16.9 Å². The van der Waals surface area contributed by atoms with Gasteiger partial charge in [0.25, 0.3) is 5.56 Å². The number of fused-ring (bicyclic) bond motifs is 1. The first-order chi connectivity index (χ1) is 5.68. The lowest BCUT2D eigenvalue weighted by atomic mass is 10.2. The van der Waals surface area contributed by atoms with Gasteiger partial charge in [-0.2, -0.15) is 0 Å². The van der Waals surface area contributed by atoms with E-state index in [1.807, 2.05) is 0 Å². The molecule has 4 nitrogen and oxygen atoms in total. The SMILES string of the molecule is Cl.Nc1cc(F)cc2[nH][nH]c(=O)c12. The van der Waals surface area contributed by atoms with Crippen molar-refractivity contribution in [2.45, 2.75) is 0 Å². The molecule has 0 unspecified atom stereocenters. The maximum Gasteiger partial charge on any atom is 0.273 e. The summed E-state index contributed by atoms with van der Waals surface area (Å²) in [5, 5.41) is 5.13. The Morgan fingerprint density at radius 1 is 1.31 bits per heavy atom. The molecule has 0 aliphatic carbocycles. The van der Waals surface area contributed by atoms with Crippen LogP contribution in [0.5, 0.6) is 0 Å². The minimum Gasteiger partial charge on any atom is -0.398 e. The molecule has 0 fully saturated rings. The van der Waals surface area contributed by atoms with Crippen LogP contribution >= 0.6 is 12.4 Å². The molecule has 70 valence electrons. The first kappa shape index (κ1) is 9.60. The molecule has 2 rings (SSSR count). The van der Waals surface area contributed by atoms with Gasteiger partial charge >= 0.3 is 0 Å². The number of anilines is 1. The number of aromatic nitrogens is 2. The largest absolute Gasteiger partial charge is 0.398 e. The van der Waals surface area contributed by atoms with Gasteiger partial charge < -0.3 is 5.73 Å². The average molecular weight is 204 g/mol. The Bertz CT molecular complexity index is 490. The second kappa shape index (κ2) is 3.10. The number of H-pyrrole nitrogens is 2. The molecule has 0 bridgehead atoms. The topological polar surface area (TPSA) is 74.7 Å². The highest BCUT2D eigenvalue weighted by atomic mass is 35.5. The van der Waals surface area contributed by atoms with Gasteiger partial charge in [-0.1, -0.05) is 0 Å². The molecular formula is C7H7ClFN3O. The molecule has 6 heteroatoms. The van der Waals surface area contributed by atoms with E-state index in [1.54, 1.807) is 0 Å². The van der Waals surface area contributed by atoms with Gasteiger partial charge in [-0.05, 0) is 12.1 Å². The molecule has 0 spiro atoms. The number of hydrogen-bond donors (Lipinski definition) is 3.